The first kappa shape index (κ1) is 14.4. The minimum atomic E-state index is -0.0876. The van der Waals surface area contributed by atoms with E-state index in [1.807, 2.05) is 54.7 Å². The first-order valence-corrected chi connectivity index (χ1v) is 7.42. The van der Waals surface area contributed by atoms with E-state index in [1.54, 1.807) is 0 Å². The van der Waals surface area contributed by atoms with Crippen LogP contribution in [0.4, 0.5) is 5.69 Å². The fourth-order valence-corrected chi connectivity index (χ4v) is 2.46. The zero-order valence-electron chi connectivity index (χ0n) is 13.1. The molecule has 2 aromatic carbocycles. The van der Waals surface area contributed by atoms with Gasteiger partial charge in [0, 0.05) is 28.4 Å². The number of amides is 1. The number of carbonyl (C=O) groups is 1. The summed E-state index contributed by atoms with van der Waals surface area (Å²) in [6, 6.07) is 15.6. The summed E-state index contributed by atoms with van der Waals surface area (Å²) in [5.74, 6) is -0.0876. The van der Waals surface area contributed by atoms with Gasteiger partial charge in [-0.2, -0.15) is 0 Å². The summed E-state index contributed by atoms with van der Waals surface area (Å²) in [6.45, 7) is 6.48. The second-order valence-corrected chi connectivity index (χ2v) is 6.56. The number of hydrogen-bond donors (Lipinski definition) is 2. The summed E-state index contributed by atoms with van der Waals surface area (Å²) < 4.78 is 0. The summed E-state index contributed by atoms with van der Waals surface area (Å²) in [5, 5.41) is 4.03. The molecule has 0 atom stereocenters. The Morgan fingerprint density at radius 3 is 2.41 bits per heavy atom. The van der Waals surface area contributed by atoms with Gasteiger partial charge in [-0.05, 0) is 47.4 Å². The molecule has 0 aliphatic carbocycles. The van der Waals surface area contributed by atoms with Gasteiger partial charge in [-0.15, -0.1) is 0 Å². The lowest BCUT2D eigenvalue weighted by Crippen LogP contribution is -2.14. The number of benzene rings is 2. The Balaban J connectivity index is 1.78. The van der Waals surface area contributed by atoms with Crippen molar-refractivity contribution in [2.75, 3.05) is 5.32 Å². The second-order valence-electron chi connectivity index (χ2n) is 6.56. The van der Waals surface area contributed by atoms with E-state index in [0.29, 0.717) is 5.56 Å². The van der Waals surface area contributed by atoms with Crippen molar-refractivity contribution in [3.63, 3.8) is 0 Å². The SMILES string of the molecule is CC(C)(C)c1ccc(C(=O)Nc2ccc3[nH]ccc3c2)cc1. The van der Waals surface area contributed by atoms with E-state index in [0.717, 1.165) is 16.6 Å². The van der Waals surface area contributed by atoms with E-state index >= 15 is 0 Å². The smallest absolute Gasteiger partial charge is 0.255 e. The van der Waals surface area contributed by atoms with Crippen molar-refractivity contribution < 1.29 is 4.79 Å². The van der Waals surface area contributed by atoms with Gasteiger partial charge in [0.15, 0.2) is 0 Å². The zero-order chi connectivity index (χ0) is 15.7. The predicted molar refractivity (Wildman–Crippen MR) is 91.4 cm³/mol. The molecule has 0 radical (unpaired) electrons. The Bertz CT molecular complexity index is 807. The summed E-state index contributed by atoms with van der Waals surface area (Å²) in [5.41, 5.74) is 3.85. The molecule has 3 nitrogen and oxygen atoms in total. The van der Waals surface area contributed by atoms with Crippen molar-refractivity contribution in [3.05, 3.63) is 65.9 Å². The molecule has 0 saturated carbocycles. The molecule has 0 saturated heterocycles. The fraction of sp³-hybridized carbons (Fsp3) is 0.211. The number of carbonyl (C=O) groups excluding carboxylic acids is 1. The van der Waals surface area contributed by atoms with E-state index in [-0.39, 0.29) is 11.3 Å². The van der Waals surface area contributed by atoms with Gasteiger partial charge in [0.1, 0.15) is 0 Å². The van der Waals surface area contributed by atoms with Gasteiger partial charge in [0.25, 0.3) is 5.91 Å². The molecule has 3 rings (SSSR count). The summed E-state index contributed by atoms with van der Waals surface area (Å²) >= 11 is 0. The van der Waals surface area contributed by atoms with Crippen LogP contribution in [0.2, 0.25) is 0 Å². The van der Waals surface area contributed by atoms with Crippen LogP contribution in [0, 0.1) is 0 Å². The number of aromatic amines is 1. The molecule has 0 aliphatic heterocycles. The number of nitrogens with one attached hydrogen (secondary N) is 2. The van der Waals surface area contributed by atoms with E-state index < -0.39 is 0 Å². The highest BCUT2D eigenvalue weighted by Crippen LogP contribution is 2.23. The van der Waals surface area contributed by atoms with Crippen molar-refractivity contribution >= 4 is 22.5 Å². The van der Waals surface area contributed by atoms with Crippen molar-refractivity contribution in [1.29, 1.82) is 0 Å². The lowest BCUT2D eigenvalue weighted by Gasteiger charge is -2.19. The number of hydrogen-bond acceptors (Lipinski definition) is 1. The first-order chi connectivity index (χ1) is 10.4. The highest BCUT2D eigenvalue weighted by Gasteiger charge is 2.14. The van der Waals surface area contributed by atoms with Crippen LogP contribution in [0.25, 0.3) is 10.9 Å². The van der Waals surface area contributed by atoms with Gasteiger partial charge in [-0.3, -0.25) is 4.79 Å². The van der Waals surface area contributed by atoms with Gasteiger partial charge in [0.05, 0.1) is 0 Å². The van der Waals surface area contributed by atoms with Crippen molar-refractivity contribution in [1.82, 2.24) is 4.98 Å². The minimum absolute atomic E-state index is 0.0876. The van der Waals surface area contributed by atoms with E-state index in [9.17, 15) is 4.79 Å². The molecule has 3 heteroatoms. The number of fused-ring (bicyclic) bond motifs is 1. The van der Waals surface area contributed by atoms with Crippen LogP contribution in [0.1, 0.15) is 36.7 Å². The Kier molecular flexibility index (Phi) is 3.49. The molecular formula is C19H20N2O. The Hall–Kier alpha value is -2.55. The molecule has 3 aromatic rings. The second kappa shape index (κ2) is 5.34. The van der Waals surface area contributed by atoms with Crippen LogP contribution in [0.3, 0.4) is 0 Å². The minimum Gasteiger partial charge on any atom is -0.361 e. The van der Waals surface area contributed by atoms with Gasteiger partial charge in [-0.25, -0.2) is 0 Å². The average Bonchev–Trinajstić information content (AvgIpc) is 2.94. The molecule has 1 amide bonds. The van der Waals surface area contributed by atoms with Gasteiger partial charge >= 0.3 is 0 Å². The maximum Gasteiger partial charge on any atom is 0.255 e. The molecule has 1 aromatic heterocycles. The van der Waals surface area contributed by atoms with Crippen molar-refractivity contribution in [2.45, 2.75) is 26.2 Å². The van der Waals surface area contributed by atoms with Crippen LogP contribution < -0.4 is 5.32 Å². The third kappa shape index (κ3) is 2.89. The lowest BCUT2D eigenvalue weighted by atomic mass is 9.87. The van der Waals surface area contributed by atoms with E-state index in [4.69, 9.17) is 0 Å². The number of H-pyrrole nitrogens is 1. The molecule has 22 heavy (non-hydrogen) atoms. The standard InChI is InChI=1S/C19H20N2O/c1-19(2,3)15-6-4-13(5-7-15)18(22)21-16-8-9-17-14(12-16)10-11-20-17/h4-12,20H,1-3H3,(H,21,22). The highest BCUT2D eigenvalue weighted by atomic mass is 16.1. The normalized spacial score (nSPS) is 11.6. The monoisotopic (exact) mass is 292 g/mol. The third-order valence-corrected chi connectivity index (χ3v) is 3.82. The van der Waals surface area contributed by atoms with Crippen LogP contribution in [0.15, 0.2) is 54.7 Å². The maximum atomic E-state index is 12.3. The molecule has 1 heterocycles. The maximum absolute atomic E-state index is 12.3. The van der Waals surface area contributed by atoms with Crippen LogP contribution in [-0.4, -0.2) is 10.9 Å². The first-order valence-electron chi connectivity index (χ1n) is 7.42. The Morgan fingerprint density at radius 2 is 1.73 bits per heavy atom. The molecular weight excluding hydrogens is 272 g/mol. The Labute approximate surface area is 130 Å². The Morgan fingerprint density at radius 1 is 1.00 bits per heavy atom. The van der Waals surface area contributed by atoms with Crippen LogP contribution in [0.5, 0.6) is 0 Å². The molecule has 0 fully saturated rings. The van der Waals surface area contributed by atoms with Gasteiger partial charge < -0.3 is 10.3 Å². The summed E-state index contributed by atoms with van der Waals surface area (Å²) in [4.78, 5) is 15.5. The third-order valence-electron chi connectivity index (χ3n) is 3.82. The molecule has 2 N–H and O–H groups in total. The molecule has 0 spiro atoms. The quantitative estimate of drug-likeness (QED) is 0.705. The summed E-state index contributed by atoms with van der Waals surface area (Å²) in [6.07, 6.45) is 1.89. The van der Waals surface area contributed by atoms with Gasteiger partial charge in [0.2, 0.25) is 0 Å². The largest absolute Gasteiger partial charge is 0.361 e. The number of aromatic nitrogens is 1. The average molecular weight is 292 g/mol. The van der Waals surface area contributed by atoms with Crippen molar-refractivity contribution in [2.24, 2.45) is 0 Å². The topological polar surface area (TPSA) is 44.9 Å². The lowest BCUT2D eigenvalue weighted by molar-refractivity contribution is 0.102. The van der Waals surface area contributed by atoms with Crippen LogP contribution >= 0.6 is 0 Å². The van der Waals surface area contributed by atoms with E-state index in [2.05, 4.69) is 31.1 Å². The van der Waals surface area contributed by atoms with Gasteiger partial charge in [-0.1, -0.05) is 32.9 Å². The zero-order valence-corrected chi connectivity index (χ0v) is 13.1. The predicted octanol–water partition coefficient (Wildman–Crippen LogP) is 4.72. The highest BCUT2D eigenvalue weighted by molar-refractivity contribution is 6.05. The molecule has 0 unspecified atom stereocenters. The van der Waals surface area contributed by atoms with Crippen molar-refractivity contribution in [3.8, 4) is 0 Å². The van der Waals surface area contributed by atoms with Crippen LogP contribution in [-0.2, 0) is 5.41 Å². The number of rotatable bonds is 2. The van der Waals surface area contributed by atoms with E-state index in [1.165, 1.54) is 5.56 Å². The fourth-order valence-electron chi connectivity index (χ4n) is 2.46. The summed E-state index contributed by atoms with van der Waals surface area (Å²) in [7, 11) is 0. The molecule has 0 aliphatic rings. The molecule has 0 bridgehead atoms. The molecule has 112 valence electrons. The number of anilines is 1.